The van der Waals surface area contributed by atoms with Gasteiger partial charge >= 0.3 is 0 Å². The van der Waals surface area contributed by atoms with Crippen molar-refractivity contribution in [2.45, 2.75) is 33.4 Å². The first-order chi connectivity index (χ1) is 14.8. The summed E-state index contributed by atoms with van der Waals surface area (Å²) in [5, 5.41) is 9.79. The Morgan fingerprint density at radius 3 is 2.68 bits per heavy atom. The third kappa shape index (κ3) is 4.46. The topological polar surface area (TPSA) is 70.4 Å². The van der Waals surface area contributed by atoms with Gasteiger partial charge in [0.05, 0.1) is 28.3 Å². The molecule has 1 atom stereocenters. The summed E-state index contributed by atoms with van der Waals surface area (Å²) in [6.45, 7) is 6.77. The number of nitrogens with zero attached hydrogens (tertiary/aromatic N) is 2. The van der Waals surface area contributed by atoms with Crippen molar-refractivity contribution in [3.63, 3.8) is 0 Å². The molecular weight excluding hydrogens is 435 g/mol. The van der Waals surface area contributed by atoms with Crippen LogP contribution in [0.3, 0.4) is 0 Å². The lowest BCUT2D eigenvalue weighted by Gasteiger charge is -2.22. The second kappa shape index (κ2) is 8.75. The number of amides is 1. The zero-order chi connectivity index (χ0) is 22.1. The second-order valence-electron chi connectivity index (χ2n) is 7.52. The van der Waals surface area contributed by atoms with Crippen LogP contribution in [0.4, 0.5) is 0 Å². The maximum absolute atomic E-state index is 12.8. The molecule has 31 heavy (non-hydrogen) atoms. The van der Waals surface area contributed by atoms with Crippen molar-refractivity contribution >= 4 is 29.1 Å². The van der Waals surface area contributed by atoms with E-state index in [4.69, 9.17) is 27.7 Å². The van der Waals surface area contributed by atoms with Gasteiger partial charge in [0, 0.05) is 17.3 Å². The van der Waals surface area contributed by atoms with E-state index < -0.39 is 0 Å². The molecule has 2 heterocycles. The number of hydrazine groups is 1. The SMILES string of the molecule is CC1=C(NC(=O)c2cc(-c3ccc(Cl)c(Cl)c3)on2)[C@@H](C)NN1Cc1ccccc1C. The van der Waals surface area contributed by atoms with E-state index in [9.17, 15) is 4.79 Å². The van der Waals surface area contributed by atoms with E-state index in [1.807, 2.05) is 31.0 Å². The molecule has 6 nitrogen and oxygen atoms in total. The third-order valence-corrected chi connectivity index (χ3v) is 6.10. The van der Waals surface area contributed by atoms with E-state index in [1.54, 1.807) is 24.3 Å². The molecule has 0 saturated carbocycles. The number of halogens is 2. The number of aromatic nitrogens is 1. The van der Waals surface area contributed by atoms with Gasteiger partial charge in [0.25, 0.3) is 5.91 Å². The lowest BCUT2D eigenvalue weighted by Crippen LogP contribution is -2.37. The number of benzene rings is 2. The summed E-state index contributed by atoms with van der Waals surface area (Å²) >= 11 is 12.0. The van der Waals surface area contributed by atoms with Gasteiger partial charge in [-0.2, -0.15) is 0 Å². The lowest BCUT2D eigenvalue weighted by molar-refractivity contribution is 0.0954. The fourth-order valence-electron chi connectivity index (χ4n) is 3.53. The summed E-state index contributed by atoms with van der Waals surface area (Å²) in [5.41, 5.74) is 8.48. The fourth-order valence-corrected chi connectivity index (χ4v) is 3.83. The number of carbonyl (C=O) groups is 1. The zero-order valence-electron chi connectivity index (χ0n) is 17.4. The Labute approximate surface area is 190 Å². The number of hydrogen-bond acceptors (Lipinski definition) is 5. The van der Waals surface area contributed by atoms with Crippen LogP contribution in [0.1, 0.15) is 35.5 Å². The van der Waals surface area contributed by atoms with Gasteiger partial charge in [0.2, 0.25) is 0 Å². The van der Waals surface area contributed by atoms with Crippen molar-refractivity contribution < 1.29 is 9.32 Å². The van der Waals surface area contributed by atoms with Crippen molar-refractivity contribution in [3.05, 3.63) is 86.8 Å². The maximum Gasteiger partial charge on any atom is 0.277 e. The van der Waals surface area contributed by atoms with Gasteiger partial charge in [-0.25, -0.2) is 5.43 Å². The van der Waals surface area contributed by atoms with Gasteiger partial charge in [0.1, 0.15) is 0 Å². The van der Waals surface area contributed by atoms with Crippen LogP contribution in [0, 0.1) is 6.92 Å². The van der Waals surface area contributed by atoms with Crippen LogP contribution >= 0.6 is 23.2 Å². The zero-order valence-corrected chi connectivity index (χ0v) is 18.9. The van der Waals surface area contributed by atoms with Crippen LogP contribution in [0.15, 0.2) is 64.4 Å². The standard InChI is InChI=1S/C23H22Cl2N4O2/c1-13-6-4-5-7-17(13)12-29-15(3)22(14(2)27-29)26-23(30)20-11-21(31-28-20)16-8-9-18(24)19(25)10-16/h4-11,14,27H,12H2,1-3H3,(H,26,30)/t14-/m1/s1. The summed E-state index contributed by atoms with van der Waals surface area (Å²) < 4.78 is 5.34. The van der Waals surface area contributed by atoms with Gasteiger partial charge in [-0.15, -0.1) is 0 Å². The first-order valence-electron chi connectivity index (χ1n) is 9.86. The molecule has 0 fully saturated rings. The Balaban J connectivity index is 1.50. The summed E-state index contributed by atoms with van der Waals surface area (Å²) in [4.78, 5) is 12.8. The van der Waals surface area contributed by atoms with E-state index in [0.717, 1.165) is 11.4 Å². The van der Waals surface area contributed by atoms with E-state index >= 15 is 0 Å². The second-order valence-corrected chi connectivity index (χ2v) is 8.34. The molecule has 1 aliphatic rings. The number of nitrogens with one attached hydrogen (secondary N) is 2. The highest BCUT2D eigenvalue weighted by molar-refractivity contribution is 6.42. The van der Waals surface area contributed by atoms with Crippen molar-refractivity contribution in [3.8, 4) is 11.3 Å². The maximum atomic E-state index is 12.8. The molecule has 0 unspecified atom stereocenters. The van der Waals surface area contributed by atoms with Crippen molar-refractivity contribution in [2.75, 3.05) is 0 Å². The minimum atomic E-state index is -0.337. The predicted octanol–water partition coefficient (Wildman–Crippen LogP) is 5.33. The summed E-state index contributed by atoms with van der Waals surface area (Å²) in [7, 11) is 0. The number of allylic oxidation sites excluding steroid dienone is 1. The lowest BCUT2D eigenvalue weighted by atomic mass is 10.1. The Hall–Kier alpha value is -2.80. The van der Waals surface area contributed by atoms with E-state index in [-0.39, 0.29) is 17.6 Å². The van der Waals surface area contributed by atoms with Crippen LogP contribution in [0.2, 0.25) is 10.0 Å². The van der Waals surface area contributed by atoms with Crippen molar-refractivity contribution in [1.29, 1.82) is 0 Å². The molecule has 0 spiro atoms. The average Bonchev–Trinajstić information content (AvgIpc) is 3.33. The summed E-state index contributed by atoms with van der Waals surface area (Å²) in [6, 6.07) is 14.9. The van der Waals surface area contributed by atoms with Crippen LogP contribution < -0.4 is 10.7 Å². The van der Waals surface area contributed by atoms with Gasteiger partial charge in [-0.3, -0.25) is 4.79 Å². The molecule has 2 aromatic carbocycles. The predicted molar refractivity (Wildman–Crippen MR) is 121 cm³/mol. The largest absolute Gasteiger partial charge is 0.355 e. The average molecular weight is 457 g/mol. The first-order valence-corrected chi connectivity index (χ1v) is 10.6. The molecule has 0 radical (unpaired) electrons. The number of carbonyl (C=O) groups excluding carboxylic acids is 1. The quantitative estimate of drug-likeness (QED) is 0.542. The molecule has 3 aromatic rings. The molecule has 0 saturated heterocycles. The summed E-state index contributed by atoms with van der Waals surface area (Å²) in [6.07, 6.45) is 0. The molecule has 0 aliphatic carbocycles. The molecule has 0 bridgehead atoms. The van der Waals surface area contributed by atoms with E-state index in [2.05, 4.69) is 35.0 Å². The molecule has 4 rings (SSSR count). The number of rotatable bonds is 5. The fraction of sp³-hybridized carbons (Fsp3) is 0.217. The molecule has 2 N–H and O–H groups in total. The van der Waals surface area contributed by atoms with Crippen LogP contribution in [0.5, 0.6) is 0 Å². The smallest absolute Gasteiger partial charge is 0.277 e. The first kappa shape index (κ1) is 21.4. The number of aryl methyl sites for hydroxylation is 1. The van der Waals surface area contributed by atoms with E-state index in [1.165, 1.54) is 11.1 Å². The van der Waals surface area contributed by atoms with Crippen LogP contribution in [-0.4, -0.2) is 22.1 Å². The number of hydrogen-bond donors (Lipinski definition) is 2. The molecule has 1 amide bonds. The van der Waals surface area contributed by atoms with Gasteiger partial charge in [-0.1, -0.05) is 52.6 Å². The summed E-state index contributed by atoms with van der Waals surface area (Å²) in [5.74, 6) is 0.101. The van der Waals surface area contributed by atoms with Gasteiger partial charge < -0.3 is 14.8 Å². The highest BCUT2D eigenvalue weighted by Crippen LogP contribution is 2.29. The highest BCUT2D eigenvalue weighted by atomic mass is 35.5. The normalized spacial score (nSPS) is 16.2. The Kier molecular flexibility index (Phi) is 6.05. The van der Waals surface area contributed by atoms with Crippen molar-refractivity contribution in [1.82, 2.24) is 20.9 Å². The van der Waals surface area contributed by atoms with Gasteiger partial charge in [-0.05, 0) is 50.1 Å². The van der Waals surface area contributed by atoms with Crippen molar-refractivity contribution in [2.24, 2.45) is 0 Å². The molecule has 1 aliphatic heterocycles. The Morgan fingerprint density at radius 2 is 1.94 bits per heavy atom. The van der Waals surface area contributed by atoms with Crippen LogP contribution in [-0.2, 0) is 6.54 Å². The molecule has 8 heteroatoms. The Bertz CT molecular complexity index is 1170. The minimum absolute atomic E-state index is 0.0468. The Morgan fingerprint density at radius 1 is 1.16 bits per heavy atom. The van der Waals surface area contributed by atoms with Gasteiger partial charge in [0.15, 0.2) is 11.5 Å². The molecule has 1 aromatic heterocycles. The monoisotopic (exact) mass is 456 g/mol. The van der Waals surface area contributed by atoms with Crippen LogP contribution in [0.25, 0.3) is 11.3 Å². The van der Waals surface area contributed by atoms with E-state index in [0.29, 0.717) is 27.9 Å². The highest BCUT2D eigenvalue weighted by Gasteiger charge is 2.28. The third-order valence-electron chi connectivity index (χ3n) is 5.36. The minimum Gasteiger partial charge on any atom is -0.355 e. The molecular formula is C23H22Cl2N4O2. The molecule has 160 valence electrons.